The number of amides is 1. The molecule has 1 amide bonds. The molecule has 3 unspecified atom stereocenters. The maximum Gasteiger partial charge on any atom is 0.407 e. The van der Waals surface area contributed by atoms with Crippen molar-refractivity contribution >= 4 is 12.6 Å². The van der Waals surface area contributed by atoms with E-state index in [4.69, 9.17) is 24.4 Å². The van der Waals surface area contributed by atoms with Gasteiger partial charge in [-0.15, -0.1) is 0 Å². The molecule has 4 N–H and O–H groups in total. The van der Waals surface area contributed by atoms with E-state index < -0.39 is 42.2 Å². The first kappa shape index (κ1) is 30.6. The van der Waals surface area contributed by atoms with Crippen LogP contribution in [0.2, 0.25) is 0 Å². The Bertz CT molecular complexity index is 571. The zero-order valence-electron chi connectivity index (χ0n) is 21.2. The fraction of sp³-hybridized carbons (Fsp3) is 0.913. The molecule has 9 nitrogen and oxygen atoms in total. The van der Waals surface area contributed by atoms with Crippen LogP contribution in [0.25, 0.3) is 0 Å². The van der Waals surface area contributed by atoms with Gasteiger partial charge in [-0.2, -0.15) is 0 Å². The van der Waals surface area contributed by atoms with Crippen LogP contribution in [-0.4, -0.2) is 71.1 Å². The third kappa shape index (κ3) is 10.9. The zero-order valence-corrected chi connectivity index (χ0v) is 21.2. The molecule has 0 radical (unpaired) electrons. The van der Waals surface area contributed by atoms with Crippen LogP contribution in [0.4, 0.5) is 4.79 Å². The van der Waals surface area contributed by atoms with E-state index in [0.717, 1.165) is 6.42 Å². The Hall–Kier alpha value is -1.42. The lowest BCUT2D eigenvalue weighted by Gasteiger charge is -2.40. The largest absolute Gasteiger partial charge is 0.461 e. The highest BCUT2D eigenvalue weighted by atomic mass is 16.6. The highest BCUT2D eigenvalue weighted by molar-refractivity contribution is 5.68. The van der Waals surface area contributed by atoms with Gasteiger partial charge >= 0.3 is 6.09 Å². The lowest BCUT2D eigenvalue weighted by molar-refractivity contribution is -0.153. The zero-order chi connectivity index (χ0) is 25.1. The third-order valence-electron chi connectivity index (χ3n) is 6.24. The van der Waals surface area contributed by atoms with Gasteiger partial charge in [0.25, 0.3) is 6.47 Å². The first-order valence-corrected chi connectivity index (χ1v) is 11.5. The molecule has 0 aromatic carbocycles. The second-order valence-corrected chi connectivity index (χ2v) is 9.96. The average Bonchev–Trinajstić information content (AvgIpc) is 2.71. The number of aliphatic hydroxyl groups excluding tert-OH is 2. The standard InChI is InChI=1S/C23H46N2O7/c1-9-21(6,25-19(29)32-18(12-26)13-27)14-20(4,5)24-16-30-22(7,10-2)15-23(8,11-3)31-17-28/h17-18,24,26-27H,9-16H2,1-8H3,(H,25,29). The van der Waals surface area contributed by atoms with Crippen molar-refractivity contribution in [3.63, 3.8) is 0 Å². The van der Waals surface area contributed by atoms with Gasteiger partial charge in [0, 0.05) is 17.5 Å². The van der Waals surface area contributed by atoms with Crippen molar-refractivity contribution in [1.82, 2.24) is 10.6 Å². The number of alkyl carbamates (subject to hydrolysis) is 1. The molecule has 9 heteroatoms. The lowest BCUT2D eigenvalue weighted by Crippen LogP contribution is -2.55. The summed E-state index contributed by atoms with van der Waals surface area (Å²) in [5.41, 5.74) is -2.02. The van der Waals surface area contributed by atoms with E-state index in [1.807, 2.05) is 55.4 Å². The minimum absolute atomic E-state index is 0.291. The molecule has 0 saturated carbocycles. The number of ether oxygens (including phenoxy) is 3. The minimum Gasteiger partial charge on any atom is -0.461 e. The van der Waals surface area contributed by atoms with Crippen LogP contribution in [-0.2, 0) is 19.0 Å². The molecule has 0 heterocycles. The van der Waals surface area contributed by atoms with Crippen molar-refractivity contribution in [2.24, 2.45) is 0 Å². The minimum atomic E-state index is -0.945. The Morgan fingerprint density at radius 3 is 1.94 bits per heavy atom. The number of hydrogen-bond acceptors (Lipinski definition) is 8. The number of nitrogens with one attached hydrogen (secondary N) is 2. The van der Waals surface area contributed by atoms with Gasteiger partial charge in [0.2, 0.25) is 0 Å². The summed E-state index contributed by atoms with van der Waals surface area (Å²) < 4.78 is 16.6. The number of carbonyl (C=O) groups excluding carboxylic acids is 2. The molecule has 0 aromatic heterocycles. The Morgan fingerprint density at radius 2 is 1.50 bits per heavy atom. The van der Waals surface area contributed by atoms with E-state index in [0.29, 0.717) is 38.9 Å². The summed E-state index contributed by atoms with van der Waals surface area (Å²) in [6.07, 6.45) is 1.63. The van der Waals surface area contributed by atoms with Crippen molar-refractivity contribution in [3.05, 3.63) is 0 Å². The van der Waals surface area contributed by atoms with Crippen molar-refractivity contribution in [3.8, 4) is 0 Å². The number of hydrogen-bond donors (Lipinski definition) is 4. The van der Waals surface area contributed by atoms with Crippen molar-refractivity contribution in [2.75, 3.05) is 19.9 Å². The monoisotopic (exact) mass is 462 g/mol. The summed E-state index contributed by atoms with van der Waals surface area (Å²) in [6.45, 7) is 15.8. The summed E-state index contributed by atoms with van der Waals surface area (Å²) >= 11 is 0. The van der Waals surface area contributed by atoms with Gasteiger partial charge in [0.1, 0.15) is 11.7 Å². The molecule has 32 heavy (non-hydrogen) atoms. The van der Waals surface area contributed by atoms with E-state index in [1.54, 1.807) is 0 Å². The predicted molar refractivity (Wildman–Crippen MR) is 123 cm³/mol. The molecule has 0 aliphatic rings. The fourth-order valence-electron chi connectivity index (χ4n) is 3.70. The molecule has 0 aromatic rings. The lowest BCUT2D eigenvalue weighted by atomic mass is 9.83. The molecule has 0 spiro atoms. The topological polar surface area (TPSA) is 126 Å². The summed E-state index contributed by atoms with van der Waals surface area (Å²) in [5, 5.41) is 24.5. The van der Waals surface area contributed by atoms with Crippen LogP contribution in [0.5, 0.6) is 0 Å². The van der Waals surface area contributed by atoms with Crippen molar-refractivity contribution in [1.29, 1.82) is 0 Å². The molecule has 0 bridgehead atoms. The number of rotatable bonds is 17. The normalized spacial score (nSPS) is 17.7. The first-order chi connectivity index (χ1) is 14.8. The first-order valence-electron chi connectivity index (χ1n) is 11.5. The van der Waals surface area contributed by atoms with Crippen molar-refractivity contribution < 1.29 is 34.0 Å². The van der Waals surface area contributed by atoms with Gasteiger partial charge in [0.15, 0.2) is 0 Å². The van der Waals surface area contributed by atoms with Crippen LogP contribution in [0.3, 0.4) is 0 Å². The molecule has 0 aliphatic heterocycles. The van der Waals surface area contributed by atoms with E-state index in [9.17, 15) is 9.59 Å². The molecule has 0 aliphatic carbocycles. The molecular formula is C23H46N2O7. The van der Waals surface area contributed by atoms with Gasteiger partial charge < -0.3 is 29.7 Å². The van der Waals surface area contributed by atoms with Crippen LogP contribution >= 0.6 is 0 Å². The average molecular weight is 463 g/mol. The second-order valence-electron chi connectivity index (χ2n) is 9.96. The Morgan fingerprint density at radius 1 is 0.938 bits per heavy atom. The third-order valence-corrected chi connectivity index (χ3v) is 6.24. The highest BCUT2D eigenvalue weighted by Crippen LogP contribution is 2.32. The maximum atomic E-state index is 12.2. The molecule has 0 fully saturated rings. The number of carbonyl (C=O) groups is 2. The van der Waals surface area contributed by atoms with Gasteiger partial charge in [-0.1, -0.05) is 20.8 Å². The van der Waals surface area contributed by atoms with E-state index >= 15 is 0 Å². The molecule has 0 saturated heterocycles. The van der Waals surface area contributed by atoms with Gasteiger partial charge in [0.05, 0.1) is 25.5 Å². The second kappa shape index (κ2) is 13.3. The van der Waals surface area contributed by atoms with Crippen LogP contribution < -0.4 is 10.6 Å². The van der Waals surface area contributed by atoms with Gasteiger partial charge in [-0.05, 0) is 60.3 Å². The molecule has 3 atom stereocenters. The smallest absolute Gasteiger partial charge is 0.407 e. The Balaban J connectivity index is 4.98. The quantitative estimate of drug-likeness (QED) is 0.192. The van der Waals surface area contributed by atoms with Gasteiger partial charge in [-0.3, -0.25) is 10.1 Å². The SMILES string of the molecule is CCC(C)(CC(C)(C)NCOC(C)(CC)CC(C)(CC)OC=O)NC(=O)OC(CO)CO. The number of aliphatic hydroxyl groups is 2. The predicted octanol–water partition coefficient (Wildman–Crippen LogP) is 2.87. The summed E-state index contributed by atoms with van der Waals surface area (Å²) in [6, 6.07) is 0. The van der Waals surface area contributed by atoms with E-state index in [2.05, 4.69) is 10.6 Å². The van der Waals surface area contributed by atoms with Crippen LogP contribution in [0, 0.1) is 0 Å². The summed E-state index contributed by atoms with van der Waals surface area (Å²) in [5.74, 6) is 0. The van der Waals surface area contributed by atoms with Crippen molar-refractivity contribution in [2.45, 2.75) is 116 Å². The Labute approximate surface area is 193 Å². The summed E-state index contributed by atoms with van der Waals surface area (Å²) in [4.78, 5) is 23.1. The van der Waals surface area contributed by atoms with E-state index in [1.165, 1.54) is 0 Å². The molecule has 0 rings (SSSR count). The summed E-state index contributed by atoms with van der Waals surface area (Å²) in [7, 11) is 0. The van der Waals surface area contributed by atoms with Crippen LogP contribution in [0.15, 0.2) is 0 Å². The van der Waals surface area contributed by atoms with Gasteiger partial charge in [-0.25, -0.2) is 4.79 Å². The highest BCUT2D eigenvalue weighted by Gasteiger charge is 2.37. The fourth-order valence-corrected chi connectivity index (χ4v) is 3.70. The molecular weight excluding hydrogens is 416 g/mol. The maximum absolute atomic E-state index is 12.2. The van der Waals surface area contributed by atoms with Crippen LogP contribution in [0.1, 0.15) is 87.5 Å². The van der Waals surface area contributed by atoms with E-state index in [-0.39, 0.29) is 5.54 Å². The Kier molecular flexibility index (Phi) is 12.7. The molecule has 190 valence electrons.